The maximum atomic E-state index is 12.4. The Morgan fingerprint density at radius 1 is 1.37 bits per heavy atom. The SMILES string of the molecule is O=C(NC1(CCl)CCOCC1)C1Cc2ccccc21. The van der Waals surface area contributed by atoms with Gasteiger partial charge in [0.15, 0.2) is 0 Å². The topological polar surface area (TPSA) is 38.3 Å². The summed E-state index contributed by atoms with van der Waals surface area (Å²) in [4.78, 5) is 12.4. The molecule has 1 aromatic carbocycles. The largest absolute Gasteiger partial charge is 0.381 e. The molecule has 1 amide bonds. The number of alkyl halides is 1. The summed E-state index contributed by atoms with van der Waals surface area (Å²) in [6.45, 7) is 1.35. The Balaban J connectivity index is 1.69. The Labute approximate surface area is 118 Å². The molecule has 3 nitrogen and oxygen atoms in total. The van der Waals surface area contributed by atoms with Gasteiger partial charge in [-0.15, -0.1) is 11.6 Å². The van der Waals surface area contributed by atoms with Gasteiger partial charge in [0.1, 0.15) is 0 Å². The van der Waals surface area contributed by atoms with Crippen LogP contribution in [-0.4, -0.2) is 30.5 Å². The number of ether oxygens (including phenoxy) is 1. The van der Waals surface area contributed by atoms with Crippen LogP contribution in [0.4, 0.5) is 0 Å². The molecule has 0 radical (unpaired) electrons. The van der Waals surface area contributed by atoms with Crippen LogP contribution in [0.25, 0.3) is 0 Å². The molecular weight excluding hydrogens is 262 g/mol. The molecule has 19 heavy (non-hydrogen) atoms. The summed E-state index contributed by atoms with van der Waals surface area (Å²) in [6.07, 6.45) is 2.45. The third-order valence-corrected chi connectivity index (χ3v) is 4.78. The molecule has 2 aliphatic rings. The predicted molar refractivity (Wildman–Crippen MR) is 74.5 cm³/mol. The molecular formula is C15H18ClNO2. The molecule has 0 spiro atoms. The van der Waals surface area contributed by atoms with Crippen LogP contribution in [0.5, 0.6) is 0 Å². The van der Waals surface area contributed by atoms with Crippen molar-refractivity contribution in [2.75, 3.05) is 19.1 Å². The van der Waals surface area contributed by atoms with Crippen molar-refractivity contribution in [1.82, 2.24) is 5.32 Å². The molecule has 1 unspecified atom stereocenters. The standard InChI is InChI=1S/C15H18ClNO2/c16-10-15(5-7-19-8-6-15)17-14(18)13-9-11-3-1-2-4-12(11)13/h1-4,13H,5-10H2,(H,17,18). The van der Waals surface area contributed by atoms with E-state index in [1.54, 1.807) is 0 Å². The first kappa shape index (κ1) is 12.9. The zero-order valence-corrected chi connectivity index (χ0v) is 11.6. The van der Waals surface area contributed by atoms with Crippen molar-refractivity contribution < 1.29 is 9.53 Å². The van der Waals surface area contributed by atoms with Gasteiger partial charge >= 0.3 is 0 Å². The van der Waals surface area contributed by atoms with Crippen molar-refractivity contribution in [3.8, 4) is 0 Å². The van der Waals surface area contributed by atoms with Crippen LogP contribution in [0.2, 0.25) is 0 Å². The number of carbonyl (C=O) groups excluding carboxylic acids is 1. The van der Waals surface area contributed by atoms with Crippen LogP contribution in [0.1, 0.15) is 29.9 Å². The van der Waals surface area contributed by atoms with Gasteiger partial charge in [0.25, 0.3) is 0 Å². The van der Waals surface area contributed by atoms with Crippen molar-refractivity contribution in [3.05, 3.63) is 35.4 Å². The van der Waals surface area contributed by atoms with Gasteiger partial charge < -0.3 is 10.1 Å². The van der Waals surface area contributed by atoms with Crippen LogP contribution in [0.15, 0.2) is 24.3 Å². The number of hydrogen-bond acceptors (Lipinski definition) is 2. The fourth-order valence-electron chi connectivity index (χ4n) is 2.90. The van der Waals surface area contributed by atoms with Gasteiger partial charge in [-0.25, -0.2) is 0 Å². The van der Waals surface area contributed by atoms with Gasteiger partial charge in [-0.2, -0.15) is 0 Å². The van der Waals surface area contributed by atoms with Crippen molar-refractivity contribution >= 4 is 17.5 Å². The number of halogens is 1. The molecule has 1 atom stereocenters. The molecule has 4 heteroatoms. The Hall–Kier alpha value is -1.06. The highest BCUT2D eigenvalue weighted by Gasteiger charge is 2.38. The Kier molecular flexibility index (Phi) is 3.50. The lowest BCUT2D eigenvalue weighted by Gasteiger charge is -2.39. The van der Waals surface area contributed by atoms with Crippen molar-refractivity contribution in [2.24, 2.45) is 0 Å². The van der Waals surface area contributed by atoms with E-state index in [1.165, 1.54) is 5.56 Å². The van der Waals surface area contributed by atoms with E-state index in [1.807, 2.05) is 18.2 Å². The molecule has 0 saturated carbocycles. The highest BCUT2D eigenvalue weighted by Crippen LogP contribution is 2.36. The van der Waals surface area contributed by atoms with Crippen molar-refractivity contribution in [2.45, 2.75) is 30.7 Å². The average molecular weight is 280 g/mol. The maximum absolute atomic E-state index is 12.4. The number of fused-ring (bicyclic) bond motifs is 1. The van der Waals surface area contributed by atoms with Crippen LogP contribution in [-0.2, 0) is 16.0 Å². The van der Waals surface area contributed by atoms with Crippen LogP contribution in [0, 0.1) is 0 Å². The van der Waals surface area contributed by atoms with E-state index in [4.69, 9.17) is 16.3 Å². The molecule has 3 rings (SSSR count). The second-order valence-corrected chi connectivity index (χ2v) is 5.74. The second-order valence-electron chi connectivity index (χ2n) is 5.47. The monoisotopic (exact) mass is 279 g/mol. The lowest BCUT2D eigenvalue weighted by Crippen LogP contribution is -2.55. The molecule has 0 bridgehead atoms. The summed E-state index contributed by atoms with van der Waals surface area (Å²) in [5.74, 6) is 0.566. The summed E-state index contributed by atoms with van der Waals surface area (Å²) >= 11 is 6.08. The lowest BCUT2D eigenvalue weighted by atomic mass is 9.76. The molecule has 1 fully saturated rings. The minimum Gasteiger partial charge on any atom is -0.381 e. The van der Waals surface area contributed by atoms with Gasteiger partial charge in [0.2, 0.25) is 5.91 Å². The molecule has 102 valence electrons. The third-order valence-electron chi connectivity index (χ3n) is 4.27. The number of hydrogen-bond donors (Lipinski definition) is 1. The van der Waals surface area contributed by atoms with E-state index < -0.39 is 0 Å². The number of rotatable bonds is 3. The molecule has 1 aliphatic heterocycles. The summed E-state index contributed by atoms with van der Waals surface area (Å²) in [7, 11) is 0. The third kappa shape index (κ3) is 2.37. The van der Waals surface area contributed by atoms with Gasteiger partial charge in [0, 0.05) is 19.1 Å². The molecule has 1 aromatic rings. The number of amides is 1. The normalized spacial score (nSPS) is 24.2. The maximum Gasteiger partial charge on any atom is 0.228 e. The Morgan fingerprint density at radius 2 is 2.11 bits per heavy atom. The summed E-state index contributed by atoms with van der Waals surface area (Å²) in [5.41, 5.74) is 2.17. The number of nitrogens with one attached hydrogen (secondary N) is 1. The van der Waals surface area contributed by atoms with Crippen LogP contribution >= 0.6 is 11.6 Å². The van der Waals surface area contributed by atoms with Crippen molar-refractivity contribution in [3.63, 3.8) is 0 Å². The van der Waals surface area contributed by atoms with Gasteiger partial charge in [-0.05, 0) is 30.4 Å². The lowest BCUT2D eigenvalue weighted by molar-refractivity contribution is -0.125. The quantitative estimate of drug-likeness (QED) is 0.862. The smallest absolute Gasteiger partial charge is 0.228 e. The summed E-state index contributed by atoms with van der Waals surface area (Å²) < 4.78 is 5.36. The molecule has 1 saturated heterocycles. The summed E-state index contributed by atoms with van der Waals surface area (Å²) in [6, 6.07) is 8.14. The fraction of sp³-hybridized carbons (Fsp3) is 0.533. The average Bonchev–Trinajstić information content (AvgIpc) is 2.41. The predicted octanol–water partition coefficient (Wildman–Crippen LogP) is 2.23. The molecule has 1 N–H and O–H groups in total. The Morgan fingerprint density at radius 3 is 2.79 bits per heavy atom. The molecule has 1 aliphatic carbocycles. The molecule has 0 aromatic heterocycles. The zero-order valence-electron chi connectivity index (χ0n) is 10.8. The Bertz CT molecular complexity index is 483. The zero-order chi connectivity index (χ0) is 13.3. The first-order valence-electron chi connectivity index (χ1n) is 6.78. The minimum atomic E-state index is -0.276. The van der Waals surface area contributed by atoms with E-state index in [2.05, 4.69) is 11.4 Å². The fourth-order valence-corrected chi connectivity index (χ4v) is 3.23. The van der Waals surface area contributed by atoms with E-state index >= 15 is 0 Å². The highest BCUT2D eigenvalue weighted by atomic mass is 35.5. The first-order valence-corrected chi connectivity index (χ1v) is 7.31. The van der Waals surface area contributed by atoms with E-state index in [9.17, 15) is 4.79 Å². The van der Waals surface area contributed by atoms with E-state index in [0.717, 1.165) is 24.8 Å². The van der Waals surface area contributed by atoms with Gasteiger partial charge in [-0.3, -0.25) is 4.79 Å². The first-order chi connectivity index (χ1) is 9.24. The summed E-state index contributed by atoms with van der Waals surface area (Å²) in [5, 5.41) is 3.17. The number of benzene rings is 1. The van der Waals surface area contributed by atoms with E-state index in [0.29, 0.717) is 19.1 Å². The van der Waals surface area contributed by atoms with Crippen molar-refractivity contribution in [1.29, 1.82) is 0 Å². The van der Waals surface area contributed by atoms with Gasteiger partial charge in [0.05, 0.1) is 11.5 Å². The highest BCUT2D eigenvalue weighted by molar-refractivity contribution is 6.18. The second kappa shape index (κ2) is 5.14. The number of carbonyl (C=O) groups is 1. The van der Waals surface area contributed by atoms with E-state index in [-0.39, 0.29) is 17.4 Å². The van der Waals surface area contributed by atoms with Crippen LogP contribution < -0.4 is 5.32 Å². The molecule has 1 heterocycles. The minimum absolute atomic E-state index is 0.000799. The van der Waals surface area contributed by atoms with Gasteiger partial charge in [-0.1, -0.05) is 24.3 Å². The van der Waals surface area contributed by atoms with Crippen LogP contribution in [0.3, 0.4) is 0 Å².